The van der Waals surface area contributed by atoms with Gasteiger partial charge >= 0.3 is 0 Å². The van der Waals surface area contributed by atoms with E-state index in [1.165, 1.54) is 22.3 Å². The van der Waals surface area contributed by atoms with Crippen LogP contribution in [-0.4, -0.2) is 19.8 Å². The monoisotopic (exact) mass is 462 g/mol. The van der Waals surface area contributed by atoms with Crippen molar-refractivity contribution in [2.75, 3.05) is 24.9 Å². The van der Waals surface area contributed by atoms with Crippen molar-refractivity contribution >= 4 is 28.5 Å². The van der Waals surface area contributed by atoms with Gasteiger partial charge in [0.2, 0.25) is 0 Å². The average Bonchev–Trinajstić information content (AvgIpc) is 2.76. The van der Waals surface area contributed by atoms with E-state index in [4.69, 9.17) is 21.1 Å². The molecule has 0 aromatic heterocycles. The molecule has 4 rings (SSSR count). The molecule has 0 unspecified atom stereocenters. The molecule has 0 saturated heterocycles. The van der Waals surface area contributed by atoms with Gasteiger partial charge in [0.05, 0.1) is 25.4 Å². The van der Waals surface area contributed by atoms with Crippen LogP contribution in [-0.2, 0) is 6.54 Å². The molecule has 5 heteroatoms. The van der Waals surface area contributed by atoms with E-state index in [-0.39, 0.29) is 5.54 Å². The van der Waals surface area contributed by atoms with Crippen LogP contribution in [0.5, 0.6) is 11.5 Å². The quantitative estimate of drug-likeness (QED) is 0.396. The fourth-order valence-electron chi connectivity index (χ4n) is 4.67. The Morgan fingerprint density at radius 1 is 0.909 bits per heavy atom. The number of benzene rings is 3. The zero-order valence-electron chi connectivity index (χ0n) is 20.1. The highest BCUT2D eigenvalue weighted by atomic mass is 35.5. The second-order valence-corrected chi connectivity index (χ2v) is 9.53. The minimum absolute atomic E-state index is 0.110. The van der Waals surface area contributed by atoms with E-state index in [1.807, 2.05) is 24.3 Å². The summed E-state index contributed by atoms with van der Waals surface area (Å²) in [4.78, 5) is 0. The first-order chi connectivity index (χ1) is 15.7. The van der Waals surface area contributed by atoms with Gasteiger partial charge < -0.3 is 20.1 Å². The van der Waals surface area contributed by atoms with Crippen molar-refractivity contribution in [1.29, 1.82) is 0 Å². The number of anilines is 2. The maximum absolute atomic E-state index is 6.26. The van der Waals surface area contributed by atoms with Crippen LogP contribution in [0.2, 0.25) is 5.02 Å². The van der Waals surface area contributed by atoms with E-state index < -0.39 is 0 Å². The topological polar surface area (TPSA) is 42.5 Å². The number of hydrogen-bond acceptors (Lipinski definition) is 4. The number of allylic oxidation sites excluding steroid dienone is 1. The third-order valence-electron chi connectivity index (χ3n) is 6.01. The second-order valence-electron chi connectivity index (χ2n) is 9.09. The fraction of sp³-hybridized carbons (Fsp3) is 0.286. The zero-order chi connectivity index (χ0) is 23.8. The summed E-state index contributed by atoms with van der Waals surface area (Å²) < 4.78 is 11.3. The summed E-state index contributed by atoms with van der Waals surface area (Å²) in [6.07, 6.45) is 2.29. The lowest BCUT2D eigenvalue weighted by molar-refractivity contribution is 0.416. The number of ether oxygens (including phenoxy) is 2. The van der Waals surface area contributed by atoms with Crippen LogP contribution in [0.15, 0.2) is 54.6 Å². The smallest absolute Gasteiger partial charge is 0.141 e. The fourth-order valence-corrected chi connectivity index (χ4v) is 4.83. The van der Waals surface area contributed by atoms with Crippen molar-refractivity contribution in [3.05, 3.63) is 76.3 Å². The maximum Gasteiger partial charge on any atom is 0.141 e. The van der Waals surface area contributed by atoms with Gasteiger partial charge in [0, 0.05) is 28.4 Å². The summed E-state index contributed by atoms with van der Waals surface area (Å²) >= 11 is 6.26. The molecule has 0 amide bonds. The highest BCUT2D eigenvalue weighted by Crippen LogP contribution is 2.43. The highest BCUT2D eigenvalue weighted by Gasteiger charge is 2.26. The molecule has 2 N–H and O–H groups in total. The van der Waals surface area contributed by atoms with Crippen molar-refractivity contribution in [2.45, 2.75) is 39.8 Å². The van der Waals surface area contributed by atoms with E-state index in [1.54, 1.807) is 14.2 Å². The Labute approximate surface area is 201 Å². The molecule has 0 atom stereocenters. The van der Waals surface area contributed by atoms with Crippen molar-refractivity contribution < 1.29 is 9.47 Å². The highest BCUT2D eigenvalue weighted by molar-refractivity contribution is 6.30. The summed E-state index contributed by atoms with van der Waals surface area (Å²) in [5, 5.41) is 7.95. The zero-order valence-corrected chi connectivity index (χ0v) is 20.9. The van der Waals surface area contributed by atoms with Gasteiger partial charge in [0.25, 0.3) is 0 Å². The van der Waals surface area contributed by atoms with Crippen LogP contribution < -0.4 is 20.1 Å². The molecule has 3 aromatic carbocycles. The Balaban J connectivity index is 1.87. The van der Waals surface area contributed by atoms with Crippen LogP contribution >= 0.6 is 11.6 Å². The first-order valence-corrected chi connectivity index (χ1v) is 11.5. The van der Waals surface area contributed by atoms with Gasteiger partial charge in [-0.2, -0.15) is 0 Å². The molecule has 33 heavy (non-hydrogen) atoms. The van der Waals surface area contributed by atoms with Crippen LogP contribution in [0.1, 0.15) is 37.5 Å². The van der Waals surface area contributed by atoms with Gasteiger partial charge in [-0.25, -0.2) is 0 Å². The Bertz CT molecular complexity index is 1230. The predicted molar refractivity (Wildman–Crippen MR) is 140 cm³/mol. The van der Waals surface area contributed by atoms with Crippen molar-refractivity contribution in [3.8, 4) is 22.6 Å². The summed E-state index contributed by atoms with van der Waals surface area (Å²) in [5.74, 6) is 1.57. The molecule has 0 fully saturated rings. The minimum Gasteiger partial charge on any atom is -0.496 e. The van der Waals surface area contributed by atoms with Gasteiger partial charge in [0.1, 0.15) is 11.5 Å². The lowest BCUT2D eigenvalue weighted by Crippen LogP contribution is -2.32. The summed E-state index contributed by atoms with van der Waals surface area (Å²) in [6, 6.07) is 16.3. The third kappa shape index (κ3) is 4.67. The molecule has 0 bridgehead atoms. The molecule has 1 heterocycles. The third-order valence-corrected chi connectivity index (χ3v) is 6.24. The van der Waals surface area contributed by atoms with Gasteiger partial charge in [-0.1, -0.05) is 29.8 Å². The van der Waals surface area contributed by atoms with E-state index in [2.05, 4.69) is 68.7 Å². The van der Waals surface area contributed by atoms with Crippen molar-refractivity contribution in [2.24, 2.45) is 0 Å². The lowest BCUT2D eigenvalue weighted by atomic mass is 9.85. The first kappa shape index (κ1) is 23.1. The summed E-state index contributed by atoms with van der Waals surface area (Å²) in [7, 11) is 3.38. The molecule has 0 saturated carbocycles. The SMILES string of the molecule is COc1ccc(C)cc1NCc1c(-c2ccc(Cl)cc2OC)ccc2c1C(C)=CC(C)(C)N2. The van der Waals surface area contributed by atoms with Crippen molar-refractivity contribution in [3.63, 3.8) is 0 Å². The predicted octanol–water partition coefficient (Wildman–Crippen LogP) is 7.55. The first-order valence-electron chi connectivity index (χ1n) is 11.1. The van der Waals surface area contributed by atoms with Gasteiger partial charge in [0.15, 0.2) is 0 Å². The van der Waals surface area contributed by atoms with Crippen LogP contribution in [0.3, 0.4) is 0 Å². The summed E-state index contributed by atoms with van der Waals surface area (Å²) in [5.41, 5.74) is 8.92. The summed E-state index contributed by atoms with van der Waals surface area (Å²) in [6.45, 7) is 9.26. The Morgan fingerprint density at radius 3 is 2.36 bits per heavy atom. The number of aryl methyl sites for hydroxylation is 1. The minimum atomic E-state index is -0.110. The van der Waals surface area contributed by atoms with E-state index in [0.29, 0.717) is 11.6 Å². The number of halogens is 1. The molecule has 4 nitrogen and oxygen atoms in total. The van der Waals surface area contributed by atoms with Crippen LogP contribution in [0.4, 0.5) is 11.4 Å². The maximum atomic E-state index is 6.26. The molecule has 1 aliphatic rings. The van der Waals surface area contributed by atoms with Gasteiger partial charge in [-0.15, -0.1) is 0 Å². The van der Waals surface area contributed by atoms with Gasteiger partial charge in [-0.3, -0.25) is 0 Å². The largest absolute Gasteiger partial charge is 0.496 e. The number of methoxy groups -OCH3 is 2. The second kappa shape index (κ2) is 9.03. The molecule has 0 radical (unpaired) electrons. The molecule has 0 spiro atoms. The Morgan fingerprint density at radius 2 is 1.64 bits per heavy atom. The molecule has 1 aliphatic heterocycles. The lowest BCUT2D eigenvalue weighted by Gasteiger charge is -2.33. The molecular weight excluding hydrogens is 432 g/mol. The number of fused-ring (bicyclic) bond motifs is 1. The number of nitrogens with one attached hydrogen (secondary N) is 2. The Hall–Kier alpha value is -3.11. The molecule has 3 aromatic rings. The Kier molecular flexibility index (Phi) is 6.31. The van der Waals surface area contributed by atoms with E-state index in [9.17, 15) is 0 Å². The van der Waals surface area contributed by atoms with Crippen molar-refractivity contribution in [1.82, 2.24) is 0 Å². The number of hydrogen-bond donors (Lipinski definition) is 2. The van der Waals surface area contributed by atoms with Gasteiger partial charge in [-0.05, 0) is 86.4 Å². The van der Waals surface area contributed by atoms with E-state index in [0.717, 1.165) is 34.0 Å². The molecular formula is C28H31ClN2O2. The molecule has 172 valence electrons. The molecule has 0 aliphatic carbocycles. The van der Waals surface area contributed by atoms with Crippen LogP contribution in [0, 0.1) is 6.92 Å². The van der Waals surface area contributed by atoms with Crippen LogP contribution in [0.25, 0.3) is 16.7 Å². The standard InChI is InChI=1S/C28H31ClN2O2/c1-17-7-12-25(32-5)24(13-17)30-16-22-20(21-9-8-19(29)14-26(21)33-6)10-11-23-27(22)18(2)15-28(3,4)31-23/h7-15,30-31H,16H2,1-6H3. The average molecular weight is 463 g/mol. The van der Waals surface area contributed by atoms with E-state index >= 15 is 0 Å². The normalized spacial score (nSPS) is 14.1. The number of rotatable bonds is 6.